The lowest BCUT2D eigenvalue weighted by Crippen LogP contribution is -2.03. The van der Waals surface area contributed by atoms with Crippen LogP contribution in [0.25, 0.3) is 10.9 Å². The van der Waals surface area contributed by atoms with Crippen molar-refractivity contribution in [3.63, 3.8) is 0 Å². The number of halogens is 1. The van der Waals surface area contributed by atoms with Gasteiger partial charge in [-0.2, -0.15) is 0 Å². The van der Waals surface area contributed by atoms with E-state index in [1.807, 2.05) is 43.5 Å². The third-order valence-corrected chi connectivity index (χ3v) is 3.27. The van der Waals surface area contributed by atoms with Gasteiger partial charge in [-0.3, -0.25) is 4.39 Å². The van der Waals surface area contributed by atoms with Gasteiger partial charge in [-0.1, -0.05) is 36.9 Å². The summed E-state index contributed by atoms with van der Waals surface area (Å²) in [6.45, 7) is 6.87. The zero-order valence-corrected chi connectivity index (χ0v) is 13.8. The van der Waals surface area contributed by atoms with Gasteiger partial charge in [-0.15, -0.1) is 0 Å². The Hall–Kier alpha value is -2.33. The van der Waals surface area contributed by atoms with Gasteiger partial charge in [0.05, 0.1) is 7.18 Å². The van der Waals surface area contributed by atoms with Gasteiger partial charge in [0, 0.05) is 17.1 Å². The molecule has 1 aromatic heterocycles. The van der Waals surface area contributed by atoms with E-state index in [1.54, 1.807) is 6.08 Å². The van der Waals surface area contributed by atoms with Crippen LogP contribution in [0, 0.1) is 0 Å². The van der Waals surface area contributed by atoms with E-state index in [-0.39, 0.29) is 0 Å². The Kier molecular flexibility index (Phi) is 8.47. The van der Waals surface area contributed by atoms with Crippen molar-refractivity contribution in [2.75, 3.05) is 20.3 Å². The first-order chi connectivity index (χ1) is 11.3. The van der Waals surface area contributed by atoms with Gasteiger partial charge in [0.25, 0.3) is 0 Å². The highest BCUT2D eigenvalue weighted by Gasteiger charge is 2.09. The number of nitrogens with one attached hydrogen (secondary N) is 1. The SMILES string of the molecule is C=C/C=C(\C=C/C)COc1cccc2[nH]cc(CCN)c12.CF. The van der Waals surface area contributed by atoms with Crippen LogP contribution >= 0.6 is 0 Å². The van der Waals surface area contributed by atoms with Crippen LogP contribution in [-0.2, 0) is 6.42 Å². The van der Waals surface area contributed by atoms with Crippen LogP contribution in [0.5, 0.6) is 5.75 Å². The number of ether oxygens (including phenoxy) is 1. The minimum Gasteiger partial charge on any atom is -0.488 e. The molecule has 0 bridgehead atoms. The molecule has 4 heteroatoms. The highest BCUT2D eigenvalue weighted by Crippen LogP contribution is 2.29. The van der Waals surface area contributed by atoms with E-state index < -0.39 is 0 Å². The fourth-order valence-electron chi connectivity index (χ4n) is 2.37. The molecule has 3 N–H and O–H groups in total. The van der Waals surface area contributed by atoms with Crippen LogP contribution in [0.3, 0.4) is 0 Å². The molecule has 0 fully saturated rings. The summed E-state index contributed by atoms with van der Waals surface area (Å²) in [5.41, 5.74) is 9.04. The summed E-state index contributed by atoms with van der Waals surface area (Å²) in [5, 5.41) is 1.13. The Labute approximate surface area is 137 Å². The zero-order valence-electron chi connectivity index (χ0n) is 13.8. The molecular formula is C19H25FN2O. The molecule has 0 saturated carbocycles. The van der Waals surface area contributed by atoms with E-state index >= 15 is 0 Å². The predicted octanol–water partition coefficient (Wildman–Crippen LogP) is 4.32. The average molecular weight is 316 g/mol. The predicted molar refractivity (Wildman–Crippen MR) is 96.7 cm³/mol. The van der Waals surface area contributed by atoms with Crippen molar-refractivity contribution in [2.45, 2.75) is 13.3 Å². The molecule has 1 aromatic carbocycles. The van der Waals surface area contributed by atoms with Crippen LogP contribution in [0.1, 0.15) is 12.5 Å². The highest BCUT2D eigenvalue weighted by molar-refractivity contribution is 5.89. The van der Waals surface area contributed by atoms with Crippen molar-refractivity contribution >= 4 is 10.9 Å². The van der Waals surface area contributed by atoms with Gasteiger partial charge in [-0.25, -0.2) is 0 Å². The van der Waals surface area contributed by atoms with Crippen molar-refractivity contribution in [2.24, 2.45) is 5.73 Å². The quantitative estimate of drug-likeness (QED) is 0.747. The summed E-state index contributed by atoms with van der Waals surface area (Å²) >= 11 is 0. The molecule has 0 unspecified atom stereocenters. The molecule has 0 saturated heterocycles. The lowest BCUT2D eigenvalue weighted by molar-refractivity contribution is 0.359. The van der Waals surface area contributed by atoms with Crippen LogP contribution in [0.4, 0.5) is 4.39 Å². The Bertz CT molecular complexity index is 671. The van der Waals surface area contributed by atoms with Gasteiger partial charge in [0.1, 0.15) is 12.4 Å². The summed E-state index contributed by atoms with van der Waals surface area (Å²) in [6, 6.07) is 6.04. The van der Waals surface area contributed by atoms with Crippen molar-refractivity contribution in [3.05, 3.63) is 66.4 Å². The van der Waals surface area contributed by atoms with Gasteiger partial charge >= 0.3 is 0 Å². The number of nitrogens with two attached hydrogens (primary N) is 1. The van der Waals surface area contributed by atoms with E-state index in [1.165, 1.54) is 5.56 Å². The molecular weight excluding hydrogens is 291 g/mol. The molecule has 0 radical (unpaired) electrons. The molecule has 124 valence electrons. The van der Waals surface area contributed by atoms with Gasteiger partial charge in [0.2, 0.25) is 0 Å². The number of aromatic nitrogens is 1. The molecule has 0 aliphatic carbocycles. The van der Waals surface area contributed by atoms with Crippen LogP contribution < -0.4 is 10.5 Å². The van der Waals surface area contributed by atoms with Crippen molar-refractivity contribution < 1.29 is 9.13 Å². The molecule has 0 spiro atoms. The van der Waals surface area contributed by atoms with Crippen molar-refractivity contribution in [1.82, 2.24) is 4.98 Å². The second kappa shape index (κ2) is 10.4. The van der Waals surface area contributed by atoms with E-state index in [9.17, 15) is 4.39 Å². The van der Waals surface area contributed by atoms with E-state index in [2.05, 4.69) is 17.6 Å². The standard InChI is InChI=1S/C18H22N2O.CH3F/c1-3-6-14(7-4-2)13-21-17-9-5-8-16-18(17)15(10-11-19)12-20-16;1-2/h3-9,12,20H,1,10-11,13,19H2,2H3;1H3/b7-4-,14-6+;. The Morgan fingerprint density at radius 1 is 1.39 bits per heavy atom. The number of alkyl halides is 1. The minimum atomic E-state index is 0.500. The zero-order chi connectivity index (χ0) is 17.1. The van der Waals surface area contributed by atoms with Gasteiger partial charge in [-0.05, 0) is 43.2 Å². The maximum Gasteiger partial charge on any atom is 0.129 e. The summed E-state index contributed by atoms with van der Waals surface area (Å²) in [5.74, 6) is 0.886. The Balaban J connectivity index is 0.00000127. The monoisotopic (exact) mass is 316 g/mol. The van der Waals surface area contributed by atoms with E-state index in [4.69, 9.17) is 10.5 Å². The van der Waals surface area contributed by atoms with Crippen LogP contribution in [-0.4, -0.2) is 25.3 Å². The van der Waals surface area contributed by atoms with Crippen LogP contribution in [0.15, 0.2) is 60.9 Å². The van der Waals surface area contributed by atoms with Crippen molar-refractivity contribution in [3.8, 4) is 5.75 Å². The molecule has 23 heavy (non-hydrogen) atoms. The summed E-state index contributed by atoms with van der Waals surface area (Å²) in [7, 11) is 0.500. The number of aromatic amines is 1. The lowest BCUT2D eigenvalue weighted by Gasteiger charge is -2.09. The molecule has 0 amide bonds. The smallest absolute Gasteiger partial charge is 0.129 e. The summed E-state index contributed by atoms with van der Waals surface area (Å²) in [6.07, 6.45) is 10.6. The topological polar surface area (TPSA) is 51.0 Å². The number of hydrogen-bond donors (Lipinski definition) is 2. The van der Waals surface area contributed by atoms with E-state index in [0.717, 1.165) is 28.6 Å². The number of hydrogen-bond acceptors (Lipinski definition) is 2. The second-order valence-corrected chi connectivity index (χ2v) is 4.80. The Morgan fingerprint density at radius 2 is 2.17 bits per heavy atom. The second-order valence-electron chi connectivity index (χ2n) is 4.80. The molecule has 3 nitrogen and oxygen atoms in total. The number of allylic oxidation sites excluding steroid dienone is 3. The first kappa shape index (κ1) is 18.7. The van der Waals surface area contributed by atoms with Gasteiger partial charge < -0.3 is 15.5 Å². The summed E-state index contributed by atoms with van der Waals surface area (Å²) in [4.78, 5) is 3.27. The third-order valence-electron chi connectivity index (χ3n) is 3.27. The van der Waals surface area contributed by atoms with Gasteiger partial charge in [0.15, 0.2) is 0 Å². The number of benzene rings is 1. The normalized spacial score (nSPS) is 11.4. The molecule has 0 aliphatic heterocycles. The van der Waals surface area contributed by atoms with Crippen LogP contribution in [0.2, 0.25) is 0 Å². The van der Waals surface area contributed by atoms with Crippen molar-refractivity contribution in [1.29, 1.82) is 0 Å². The molecule has 0 aliphatic rings. The first-order valence-corrected chi connectivity index (χ1v) is 7.54. The summed E-state index contributed by atoms with van der Waals surface area (Å²) < 4.78 is 15.5. The Morgan fingerprint density at radius 3 is 2.83 bits per heavy atom. The lowest BCUT2D eigenvalue weighted by atomic mass is 10.1. The fraction of sp³-hybridized carbons (Fsp3) is 0.263. The molecule has 0 atom stereocenters. The molecule has 2 rings (SSSR count). The minimum absolute atomic E-state index is 0.500. The molecule has 1 heterocycles. The average Bonchev–Trinajstić information content (AvgIpc) is 2.99. The first-order valence-electron chi connectivity index (χ1n) is 7.54. The number of fused-ring (bicyclic) bond motifs is 1. The maximum atomic E-state index is 9.50. The number of rotatable bonds is 7. The molecule has 2 aromatic rings. The number of H-pyrrole nitrogens is 1. The van der Waals surface area contributed by atoms with E-state index in [0.29, 0.717) is 20.3 Å². The fourth-order valence-corrected chi connectivity index (χ4v) is 2.37. The largest absolute Gasteiger partial charge is 0.488 e. The maximum absolute atomic E-state index is 9.50. The highest BCUT2D eigenvalue weighted by atomic mass is 19.1. The third kappa shape index (κ3) is 5.11.